The Kier molecular flexibility index (Phi) is 3.62. The summed E-state index contributed by atoms with van der Waals surface area (Å²) in [5, 5.41) is 11.9. The van der Waals surface area contributed by atoms with Gasteiger partial charge in [0.2, 0.25) is 12.5 Å². The number of rotatable bonds is 4. The minimum atomic E-state index is -0.490. The molecule has 2 aromatic carbocycles. The molecule has 1 heterocycles. The second-order valence-corrected chi connectivity index (χ2v) is 4.77. The van der Waals surface area contributed by atoms with Crippen molar-refractivity contribution in [3.8, 4) is 0 Å². The van der Waals surface area contributed by atoms with E-state index < -0.39 is 11.6 Å². The van der Waals surface area contributed by atoms with Crippen LogP contribution in [0.25, 0.3) is 0 Å². The Hall–Kier alpha value is -3.08. The molecule has 0 N–H and O–H groups in total. The van der Waals surface area contributed by atoms with Crippen LogP contribution in [0.4, 0.5) is 0 Å². The first kappa shape index (κ1) is 13.9. The maximum absolute atomic E-state index is 12.5. The zero-order valence-electron chi connectivity index (χ0n) is 11.6. The number of hydrogen-bond donors (Lipinski definition) is 0. The molecule has 0 saturated heterocycles. The first-order chi connectivity index (χ1) is 10.7. The lowest BCUT2D eigenvalue weighted by Gasteiger charge is -2.04. The van der Waals surface area contributed by atoms with E-state index in [1.54, 1.807) is 60.7 Å². The Labute approximate surface area is 126 Å². The first-order valence-corrected chi connectivity index (χ1v) is 6.74. The Bertz CT molecular complexity index is 793. The van der Waals surface area contributed by atoms with Gasteiger partial charge in [0.1, 0.15) is 0 Å². The SMILES string of the molecule is O=C(C1=NC[N+]([O-])=C1C(=O)c1ccccc1)c1ccccc1. The molecule has 0 aliphatic carbocycles. The number of carbonyl (C=O) groups is 2. The number of hydroxylamine groups is 1. The van der Waals surface area contributed by atoms with Gasteiger partial charge in [0.05, 0.1) is 0 Å². The zero-order chi connectivity index (χ0) is 15.5. The van der Waals surface area contributed by atoms with Crippen LogP contribution < -0.4 is 0 Å². The summed E-state index contributed by atoms with van der Waals surface area (Å²) < 4.78 is 0.464. The Balaban J connectivity index is 1.97. The van der Waals surface area contributed by atoms with Gasteiger partial charge in [-0.3, -0.25) is 9.59 Å². The lowest BCUT2D eigenvalue weighted by Crippen LogP contribution is -2.33. The van der Waals surface area contributed by atoms with Gasteiger partial charge in [-0.25, -0.2) is 4.99 Å². The van der Waals surface area contributed by atoms with Crippen molar-refractivity contribution in [2.45, 2.75) is 0 Å². The van der Waals surface area contributed by atoms with Crippen LogP contribution in [-0.2, 0) is 0 Å². The van der Waals surface area contributed by atoms with E-state index in [9.17, 15) is 14.8 Å². The zero-order valence-corrected chi connectivity index (χ0v) is 11.6. The van der Waals surface area contributed by atoms with Crippen molar-refractivity contribution < 1.29 is 14.3 Å². The van der Waals surface area contributed by atoms with Gasteiger partial charge in [-0.2, -0.15) is 4.74 Å². The highest BCUT2D eigenvalue weighted by atomic mass is 16.5. The van der Waals surface area contributed by atoms with E-state index in [-0.39, 0.29) is 18.1 Å². The molecule has 3 rings (SSSR count). The second kappa shape index (κ2) is 5.73. The van der Waals surface area contributed by atoms with Crippen molar-refractivity contribution in [2.75, 3.05) is 6.67 Å². The molecule has 5 heteroatoms. The number of benzene rings is 2. The van der Waals surface area contributed by atoms with E-state index in [4.69, 9.17) is 0 Å². The van der Waals surface area contributed by atoms with Crippen LogP contribution in [0.1, 0.15) is 20.7 Å². The maximum Gasteiger partial charge on any atom is 0.290 e. The number of Topliss-reactive ketones (excluding diaryl/α,β-unsaturated/α-hetero) is 2. The van der Waals surface area contributed by atoms with Crippen LogP contribution in [-0.4, -0.2) is 34.4 Å². The summed E-state index contributed by atoms with van der Waals surface area (Å²) in [6, 6.07) is 16.9. The van der Waals surface area contributed by atoms with Crippen molar-refractivity contribution in [1.29, 1.82) is 0 Å². The Morgan fingerprint density at radius 2 is 1.36 bits per heavy atom. The Morgan fingerprint density at radius 3 is 1.91 bits per heavy atom. The van der Waals surface area contributed by atoms with E-state index in [1.165, 1.54) is 0 Å². The Morgan fingerprint density at radius 1 is 0.864 bits per heavy atom. The third-order valence-corrected chi connectivity index (χ3v) is 3.33. The van der Waals surface area contributed by atoms with Gasteiger partial charge in [-0.05, 0) is 0 Å². The molecule has 2 aromatic rings. The number of hydrogen-bond acceptors (Lipinski definition) is 4. The fraction of sp³-hybridized carbons (Fsp3) is 0.0588. The molecule has 0 fully saturated rings. The average molecular weight is 292 g/mol. The monoisotopic (exact) mass is 292 g/mol. The van der Waals surface area contributed by atoms with Crippen molar-refractivity contribution >= 4 is 23.0 Å². The molecule has 22 heavy (non-hydrogen) atoms. The van der Waals surface area contributed by atoms with Gasteiger partial charge in [-0.15, -0.1) is 0 Å². The van der Waals surface area contributed by atoms with Gasteiger partial charge in [0.15, 0.2) is 5.71 Å². The van der Waals surface area contributed by atoms with Crippen molar-refractivity contribution in [1.82, 2.24) is 0 Å². The summed E-state index contributed by atoms with van der Waals surface area (Å²) in [6.07, 6.45) is 0. The van der Waals surface area contributed by atoms with E-state index in [2.05, 4.69) is 4.99 Å². The molecule has 0 unspecified atom stereocenters. The van der Waals surface area contributed by atoms with E-state index in [0.29, 0.717) is 15.9 Å². The summed E-state index contributed by atoms with van der Waals surface area (Å²) in [5.74, 6) is -0.908. The molecule has 0 atom stereocenters. The average Bonchev–Trinajstić information content (AvgIpc) is 2.96. The number of nitrogens with zero attached hydrogens (tertiary/aromatic N) is 2. The fourth-order valence-corrected chi connectivity index (χ4v) is 2.25. The predicted molar refractivity (Wildman–Crippen MR) is 82.5 cm³/mol. The summed E-state index contributed by atoms with van der Waals surface area (Å²) in [4.78, 5) is 28.9. The van der Waals surface area contributed by atoms with E-state index in [0.717, 1.165) is 0 Å². The molecule has 0 amide bonds. The van der Waals surface area contributed by atoms with Gasteiger partial charge < -0.3 is 5.21 Å². The molecular weight excluding hydrogens is 280 g/mol. The van der Waals surface area contributed by atoms with Gasteiger partial charge in [-0.1, -0.05) is 60.7 Å². The molecule has 0 spiro atoms. The van der Waals surface area contributed by atoms with Crippen LogP contribution in [0.5, 0.6) is 0 Å². The van der Waals surface area contributed by atoms with E-state index in [1.807, 2.05) is 0 Å². The van der Waals surface area contributed by atoms with Gasteiger partial charge in [0, 0.05) is 11.1 Å². The third-order valence-electron chi connectivity index (χ3n) is 3.33. The molecule has 1 aliphatic heterocycles. The summed E-state index contributed by atoms with van der Waals surface area (Å²) in [7, 11) is 0. The van der Waals surface area contributed by atoms with Crippen LogP contribution >= 0.6 is 0 Å². The highest BCUT2D eigenvalue weighted by molar-refractivity contribution is 6.83. The molecule has 5 nitrogen and oxygen atoms in total. The predicted octanol–water partition coefficient (Wildman–Crippen LogP) is 2.12. The van der Waals surface area contributed by atoms with Gasteiger partial charge >= 0.3 is 0 Å². The van der Waals surface area contributed by atoms with Crippen LogP contribution in [0.3, 0.4) is 0 Å². The van der Waals surface area contributed by atoms with E-state index >= 15 is 0 Å². The smallest absolute Gasteiger partial charge is 0.290 e. The largest absolute Gasteiger partial charge is 0.622 e. The van der Waals surface area contributed by atoms with Gasteiger partial charge in [0.25, 0.3) is 11.5 Å². The highest BCUT2D eigenvalue weighted by Gasteiger charge is 2.36. The van der Waals surface area contributed by atoms with Crippen molar-refractivity contribution in [3.63, 3.8) is 0 Å². The molecule has 0 saturated carbocycles. The minimum Gasteiger partial charge on any atom is -0.622 e. The maximum atomic E-state index is 12.5. The van der Waals surface area contributed by atoms with Crippen molar-refractivity contribution in [3.05, 3.63) is 77.0 Å². The van der Waals surface area contributed by atoms with Crippen LogP contribution in [0, 0.1) is 5.21 Å². The third kappa shape index (κ3) is 2.44. The number of aliphatic imine (C=N–C) groups is 1. The molecule has 0 bridgehead atoms. The lowest BCUT2D eigenvalue weighted by molar-refractivity contribution is -0.448. The summed E-state index contributed by atoms with van der Waals surface area (Å²) >= 11 is 0. The number of carbonyl (C=O) groups excluding carboxylic acids is 2. The summed E-state index contributed by atoms with van der Waals surface area (Å²) in [5.41, 5.74) is 0.485. The molecular formula is C17H12N2O3. The van der Waals surface area contributed by atoms with Crippen molar-refractivity contribution in [2.24, 2.45) is 4.99 Å². The lowest BCUT2D eigenvalue weighted by atomic mass is 9.98. The number of ketones is 2. The standard InChI is InChI=1S/C17H12N2O3/c20-16(12-7-3-1-4-8-12)14-15(19(22)11-18-14)17(21)13-9-5-2-6-10-13/h1-10H,11H2. The highest BCUT2D eigenvalue weighted by Crippen LogP contribution is 2.11. The minimum absolute atomic E-state index is 0.0740. The topological polar surface area (TPSA) is 72.6 Å². The second-order valence-electron chi connectivity index (χ2n) is 4.77. The molecule has 1 aliphatic rings. The molecule has 0 radical (unpaired) electrons. The molecule has 0 aromatic heterocycles. The fourth-order valence-electron chi connectivity index (χ4n) is 2.25. The molecule has 108 valence electrons. The summed E-state index contributed by atoms with van der Waals surface area (Å²) in [6.45, 7) is -0.234. The van der Waals surface area contributed by atoms with Crippen LogP contribution in [0.15, 0.2) is 65.7 Å². The quantitative estimate of drug-likeness (QED) is 0.492. The first-order valence-electron chi connectivity index (χ1n) is 6.74. The normalized spacial score (nSPS) is 13.9. The van der Waals surface area contributed by atoms with Crippen LogP contribution in [0.2, 0.25) is 0 Å².